The Balaban J connectivity index is 3.34. The van der Waals surface area contributed by atoms with Crippen molar-refractivity contribution in [1.29, 1.82) is 0 Å². The van der Waals surface area contributed by atoms with E-state index in [1.54, 1.807) is 14.2 Å². The summed E-state index contributed by atoms with van der Waals surface area (Å²) in [6.07, 6.45) is 7.90. The normalized spacial score (nSPS) is 12.0. The zero-order valence-electron chi connectivity index (χ0n) is 9.64. The molecule has 0 aromatic carbocycles. The van der Waals surface area contributed by atoms with Crippen LogP contribution in [0.3, 0.4) is 0 Å². The molecule has 0 aromatic heterocycles. The molecule has 0 saturated heterocycles. The lowest BCUT2D eigenvalue weighted by Crippen LogP contribution is -2.32. The molecule has 0 aliphatic carbocycles. The maximum atomic E-state index is 5.35. The Kier molecular flexibility index (Phi) is 9.28. The van der Waals surface area contributed by atoms with Crippen LogP contribution in [0, 0.1) is 0 Å². The molecule has 0 N–H and O–H groups in total. The van der Waals surface area contributed by atoms with Crippen LogP contribution in [-0.4, -0.2) is 21.4 Å². The number of unbranched alkanes of at least 4 members (excludes halogenated alkanes) is 5. The van der Waals surface area contributed by atoms with Gasteiger partial charge in [-0.05, 0) is 0 Å². The van der Waals surface area contributed by atoms with Gasteiger partial charge >= 0.3 is 7.18 Å². The molecular weight excluding hydrogens is 260 g/mol. The largest absolute Gasteiger partial charge is 0.413 e. The highest BCUT2D eigenvalue weighted by atomic mass is 79.9. The van der Waals surface area contributed by atoms with Crippen LogP contribution in [0.2, 0.25) is 6.04 Å². The van der Waals surface area contributed by atoms with E-state index in [0.29, 0.717) is 0 Å². The van der Waals surface area contributed by atoms with Gasteiger partial charge < -0.3 is 8.85 Å². The van der Waals surface area contributed by atoms with E-state index in [2.05, 4.69) is 22.2 Å². The SMILES string of the molecule is CCCCCCCC[Si](Br)(OC)OC. The summed E-state index contributed by atoms with van der Waals surface area (Å²) in [6.45, 7) is 2.24. The lowest BCUT2D eigenvalue weighted by atomic mass is 10.1. The third-order valence-corrected chi connectivity index (χ3v) is 7.74. The van der Waals surface area contributed by atoms with Gasteiger partial charge in [0, 0.05) is 20.3 Å². The summed E-state index contributed by atoms with van der Waals surface area (Å²) in [5.41, 5.74) is 0. The molecule has 0 fully saturated rings. The molecule has 0 aliphatic heterocycles. The van der Waals surface area contributed by atoms with Crippen LogP contribution < -0.4 is 0 Å². The maximum Gasteiger partial charge on any atom is 0.413 e. The Morgan fingerprint density at radius 2 is 1.43 bits per heavy atom. The van der Waals surface area contributed by atoms with Crippen LogP contribution >= 0.6 is 15.3 Å². The highest BCUT2D eigenvalue weighted by Crippen LogP contribution is 2.22. The zero-order chi connectivity index (χ0) is 10.9. The van der Waals surface area contributed by atoms with Gasteiger partial charge in [-0.25, -0.2) is 0 Å². The summed E-state index contributed by atoms with van der Waals surface area (Å²) in [7, 11) is 1.49. The highest BCUT2D eigenvalue weighted by Gasteiger charge is 2.30. The van der Waals surface area contributed by atoms with Gasteiger partial charge in [-0.3, -0.25) is 0 Å². The molecule has 0 aromatic rings. The summed E-state index contributed by atoms with van der Waals surface area (Å²) >= 11 is 3.56. The monoisotopic (exact) mass is 282 g/mol. The third-order valence-electron chi connectivity index (χ3n) is 2.44. The van der Waals surface area contributed by atoms with E-state index >= 15 is 0 Å². The average Bonchev–Trinajstić information content (AvgIpc) is 2.23. The van der Waals surface area contributed by atoms with Crippen molar-refractivity contribution >= 4 is 22.5 Å². The zero-order valence-corrected chi connectivity index (χ0v) is 12.2. The van der Waals surface area contributed by atoms with Crippen molar-refractivity contribution in [2.24, 2.45) is 0 Å². The number of hydrogen-bond acceptors (Lipinski definition) is 2. The topological polar surface area (TPSA) is 18.5 Å². The first-order valence-corrected chi connectivity index (χ1v) is 9.75. The second kappa shape index (κ2) is 8.89. The van der Waals surface area contributed by atoms with Gasteiger partial charge in [0.15, 0.2) is 0 Å². The average molecular weight is 283 g/mol. The molecule has 2 nitrogen and oxygen atoms in total. The summed E-state index contributed by atoms with van der Waals surface area (Å²) in [6, 6.07) is 1.05. The first kappa shape index (κ1) is 14.6. The Hall–Kier alpha value is 0.617. The van der Waals surface area contributed by atoms with Crippen LogP contribution in [0.1, 0.15) is 45.4 Å². The van der Waals surface area contributed by atoms with Crippen LogP contribution in [0.5, 0.6) is 0 Å². The summed E-state index contributed by atoms with van der Waals surface area (Å²) in [5, 5.41) is 0. The predicted molar refractivity (Wildman–Crippen MR) is 66.9 cm³/mol. The van der Waals surface area contributed by atoms with Crippen LogP contribution in [0.25, 0.3) is 0 Å². The van der Waals surface area contributed by atoms with Gasteiger partial charge in [0.2, 0.25) is 0 Å². The maximum absolute atomic E-state index is 5.35. The minimum Gasteiger partial charge on any atom is -0.390 e. The molecule has 0 radical (unpaired) electrons. The fraction of sp³-hybridized carbons (Fsp3) is 1.00. The van der Waals surface area contributed by atoms with E-state index in [-0.39, 0.29) is 0 Å². The van der Waals surface area contributed by atoms with Crippen molar-refractivity contribution < 1.29 is 8.85 Å². The van der Waals surface area contributed by atoms with Crippen LogP contribution in [0.4, 0.5) is 0 Å². The van der Waals surface area contributed by atoms with Crippen LogP contribution in [-0.2, 0) is 8.85 Å². The molecule has 0 amide bonds. The van der Waals surface area contributed by atoms with Crippen LogP contribution in [0.15, 0.2) is 0 Å². The summed E-state index contributed by atoms with van der Waals surface area (Å²) in [4.78, 5) is 0. The fourth-order valence-corrected chi connectivity index (χ4v) is 3.49. The van der Waals surface area contributed by atoms with E-state index in [1.807, 2.05) is 0 Å². The standard InChI is InChI=1S/C10H23BrO2Si/c1-4-5-6-7-8-9-10-14(11,12-2)13-3/h4-10H2,1-3H3. The van der Waals surface area contributed by atoms with Crippen molar-refractivity contribution in [3.8, 4) is 0 Å². The van der Waals surface area contributed by atoms with E-state index in [4.69, 9.17) is 8.85 Å². The number of halogens is 1. The molecule has 0 unspecified atom stereocenters. The molecule has 0 heterocycles. The third kappa shape index (κ3) is 6.98. The van der Waals surface area contributed by atoms with E-state index in [9.17, 15) is 0 Å². The second-order valence-electron chi connectivity index (χ2n) is 3.59. The molecule has 14 heavy (non-hydrogen) atoms. The first-order chi connectivity index (χ1) is 6.68. The minimum atomic E-state index is -1.95. The molecule has 0 spiro atoms. The predicted octanol–water partition coefficient (Wildman–Crippen LogP) is 3.97. The highest BCUT2D eigenvalue weighted by molar-refractivity contribution is 9.25. The van der Waals surface area contributed by atoms with E-state index < -0.39 is 7.18 Å². The summed E-state index contributed by atoms with van der Waals surface area (Å²) in [5.74, 6) is 0. The molecular formula is C10H23BrO2Si. The molecule has 0 aliphatic rings. The lowest BCUT2D eigenvalue weighted by Gasteiger charge is -2.19. The Morgan fingerprint density at radius 1 is 0.929 bits per heavy atom. The molecule has 0 atom stereocenters. The van der Waals surface area contributed by atoms with E-state index in [1.165, 1.54) is 38.5 Å². The molecule has 0 bridgehead atoms. The molecule has 0 rings (SSSR count). The molecule has 0 saturated carbocycles. The van der Waals surface area contributed by atoms with Gasteiger partial charge in [0.1, 0.15) is 0 Å². The summed E-state index contributed by atoms with van der Waals surface area (Å²) < 4.78 is 10.7. The number of hydrogen-bond donors (Lipinski definition) is 0. The van der Waals surface area contributed by atoms with Gasteiger partial charge in [0.05, 0.1) is 0 Å². The minimum absolute atomic E-state index is 1.05. The van der Waals surface area contributed by atoms with Crippen molar-refractivity contribution in [3.63, 3.8) is 0 Å². The van der Waals surface area contributed by atoms with Gasteiger partial charge in [-0.2, -0.15) is 0 Å². The smallest absolute Gasteiger partial charge is 0.390 e. The van der Waals surface area contributed by atoms with Crippen molar-refractivity contribution in [1.82, 2.24) is 0 Å². The second-order valence-corrected chi connectivity index (χ2v) is 9.85. The van der Waals surface area contributed by atoms with E-state index in [0.717, 1.165) is 6.04 Å². The van der Waals surface area contributed by atoms with Crippen molar-refractivity contribution in [3.05, 3.63) is 0 Å². The van der Waals surface area contributed by atoms with Gasteiger partial charge in [0.25, 0.3) is 0 Å². The first-order valence-electron chi connectivity index (χ1n) is 5.47. The van der Waals surface area contributed by atoms with Crippen molar-refractivity contribution in [2.75, 3.05) is 14.2 Å². The Morgan fingerprint density at radius 3 is 1.93 bits per heavy atom. The molecule has 86 valence electrons. The quantitative estimate of drug-likeness (QED) is 0.362. The fourth-order valence-electron chi connectivity index (χ4n) is 1.40. The molecule has 4 heteroatoms. The Bertz CT molecular complexity index is 129. The van der Waals surface area contributed by atoms with Gasteiger partial charge in [-0.1, -0.05) is 60.7 Å². The lowest BCUT2D eigenvalue weighted by molar-refractivity contribution is 0.268. The Labute approximate surface area is 97.2 Å². The van der Waals surface area contributed by atoms with Crippen molar-refractivity contribution in [2.45, 2.75) is 51.5 Å². The van der Waals surface area contributed by atoms with Gasteiger partial charge in [-0.15, -0.1) is 0 Å². The number of rotatable bonds is 9.